The number of anilines is 1. The maximum absolute atomic E-state index is 12.4. The minimum absolute atomic E-state index is 0.0138. The zero-order valence-electron chi connectivity index (χ0n) is 15.2. The third kappa shape index (κ3) is 4.63. The average molecular weight is 377 g/mol. The average Bonchev–Trinajstić information content (AvgIpc) is 2.90. The SMILES string of the molecule is CCN=C1SC(CC(=O)Nc2ccccc2C(=O)OCC)C(=O)N1CC. The second-order valence-electron chi connectivity index (χ2n) is 5.46. The third-order valence-electron chi connectivity index (χ3n) is 3.70. The largest absolute Gasteiger partial charge is 0.462 e. The predicted octanol–water partition coefficient (Wildman–Crippen LogP) is 2.53. The molecule has 1 N–H and O–H groups in total. The number of carbonyl (C=O) groups excluding carboxylic acids is 3. The normalized spacial score (nSPS) is 18.3. The van der Waals surface area contributed by atoms with Crippen LogP contribution in [0.15, 0.2) is 29.3 Å². The lowest BCUT2D eigenvalue weighted by Crippen LogP contribution is -2.33. The molecule has 0 aromatic heterocycles. The van der Waals surface area contributed by atoms with E-state index >= 15 is 0 Å². The molecular formula is C18H23N3O4S. The van der Waals surface area contributed by atoms with Crippen molar-refractivity contribution in [2.45, 2.75) is 32.4 Å². The Bertz CT molecular complexity index is 720. The van der Waals surface area contributed by atoms with Crippen molar-refractivity contribution < 1.29 is 19.1 Å². The third-order valence-corrected chi connectivity index (χ3v) is 4.91. The summed E-state index contributed by atoms with van der Waals surface area (Å²) < 4.78 is 5.00. The van der Waals surface area contributed by atoms with Crippen LogP contribution in [0, 0.1) is 0 Å². The summed E-state index contributed by atoms with van der Waals surface area (Å²) in [5.41, 5.74) is 0.665. The Morgan fingerprint density at radius 1 is 1.27 bits per heavy atom. The van der Waals surface area contributed by atoms with Gasteiger partial charge in [-0.15, -0.1) is 0 Å². The van der Waals surface area contributed by atoms with E-state index in [4.69, 9.17) is 4.74 Å². The standard InChI is InChI=1S/C18H23N3O4S/c1-4-19-18-21(5-2)16(23)14(26-18)11-15(22)20-13-10-8-7-9-12(13)17(24)25-6-3/h7-10,14H,4-6,11H2,1-3H3,(H,20,22). The fraction of sp³-hybridized carbons (Fsp3) is 0.444. The summed E-state index contributed by atoms with van der Waals surface area (Å²) in [5.74, 6) is -0.941. The van der Waals surface area contributed by atoms with Gasteiger partial charge in [0.05, 0.1) is 17.9 Å². The quantitative estimate of drug-likeness (QED) is 0.738. The molecule has 1 heterocycles. The first-order chi connectivity index (χ1) is 12.5. The van der Waals surface area contributed by atoms with Crippen molar-refractivity contribution in [1.82, 2.24) is 4.90 Å². The van der Waals surface area contributed by atoms with Gasteiger partial charge in [0, 0.05) is 19.5 Å². The maximum Gasteiger partial charge on any atom is 0.340 e. The van der Waals surface area contributed by atoms with Crippen LogP contribution in [-0.4, -0.2) is 52.8 Å². The Labute approximate surface area is 157 Å². The molecule has 0 aliphatic carbocycles. The highest BCUT2D eigenvalue weighted by Crippen LogP contribution is 2.30. The van der Waals surface area contributed by atoms with Crippen LogP contribution in [0.4, 0.5) is 5.69 Å². The second-order valence-corrected chi connectivity index (χ2v) is 6.63. The smallest absolute Gasteiger partial charge is 0.340 e. The number of carbonyl (C=O) groups is 3. The molecule has 1 unspecified atom stereocenters. The van der Waals surface area contributed by atoms with Gasteiger partial charge in [0.1, 0.15) is 5.25 Å². The summed E-state index contributed by atoms with van der Waals surface area (Å²) in [6, 6.07) is 6.65. The minimum atomic E-state index is -0.505. The van der Waals surface area contributed by atoms with Gasteiger partial charge in [-0.05, 0) is 32.9 Å². The Morgan fingerprint density at radius 2 is 2.00 bits per heavy atom. The molecule has 1 fully saturated rings. The number of para-hydroxylation sites is 1. The zero-order chi connectivity index (χ0) is 19.1. The highest BCUT2D eigenvalue weighted by atomic mass is 32.2. The van der Waals surface area contributed by atoms with Crippen LogP contribution in [0.2, 0.25) is 0 Å². The number of esters is 1. The fourth-order valence-corrected chi connectivity index (χ4v) is 3.80. The molecule has 1 aliphatic rings. The molecule has 0 spiro atoms. The topological polar surface area (TPSA) is 88.1 Å². The number of hydrogen-bond acceptors (Lipinski definition) is 6. The van der Waals surface area contributed by atoms with E-state index in [1.807, 2.05) is 13.8 Å². The van der Waals surface area contributed by atoms with E-state index in [0.717, 1.165) is 0 Å². The fourth-order valence-electron chi connectivity index (χ4n) is 2.54. The number of nitrogens with one attached hydrogen (secondary N) is 1. The molecule has 1 aliphatic heterocycles. The molecule has 7 nitrogen and oxygen atoms in total. The first-order valence-electron chi connectivity index (χ1n) is 8.60. The van der Waals surface area contributed by atoms with Crippen LogP contribution in [0.1, 0.15) is 37.6 Å². The van der Waals surface area contributed by atoms with Gasteiger partial charge in [0.2, 0.25) is 11.8 Å². The monoisotopic (exact) mass is 377 g/mol. The van der Waals surface area contributed by atoms with Gasteiger partial charge in [-0.1, -0.05) is 23.9 Å². The number of rotatable bonds is 7. The maximum atomic E-state index is 12.4. The number of benzene rings is 1. The lowest BCUT2D eigenvalue weighted by Gasteiger charge is -2.13. The second kappa shape index (κ2) is 9.38. The van der Waals surface area contributed by atoms with Crippen molar-refractivity contribution in [2.75, 3.05) is 25.0 Å². The van der Waals surface area contributed by atoms with Gasteiger partial charge in [-0.25, -0.2) is 4.79 Å². The first-order valence-corrected chi connectivity index (χ1v) is 9.48. The highest BCUT2D eigenvalue weighted by molar-refractivity contribution is 8.15. The van der Waals surface area contributed by atoms with Gasteiger partial charge in [-0.3, -0.25) is 19.5 Å². The number of nitrogens with zero attached hydrogens (tertiary/aromatic N) is 2. The summed E-state index contributed by atoms with van der Waals surface area (Å²) in [6.07, 6.45) is 0.0138. The van der Waals surface area contributed by atoms with Crippen molar-refractivity contribution >= 4 is 40.4 Å². The van der Waals surface area contributed by atoms with E-state index in [-0.39, 0.29) is 30.4 Å². The summed E-state index contributed by atoms with van der Waals surface area (Å²) in [7, 11) is 0. The number of thioether (sulfide) groups is 1. The van der Waals surface area contributed by atoms with E-state index in [1.165, 1.54) is 11.8 Å². The first kappa shape index (κ1) is 20.0. The lowest BCUT2D eigenvalue weighted by molar-refractivity contribution is -0.128. The van der Waals surface area contributed by atoms with Gasteiger partial charge >= 0.3 is 5.97 Å². The van der Waals surface area contributed by atoms with E-state index in [9.17, 15) is 14.4 Å². The molecule has 0 radical (unpaired) electrons. The molecule has 26 heavy (non-hydrogen) atoms. The van der Waals surface area contributed by atoms with E-state index in [0.29, 0.717) is 23.9 Å². The van der Waals surface area contributed by atoms with Crippen LogP contribution in [-0.2, 0) is 14.3 Å². The van der Waals surface area contributed by atoms with Gasteiger partial charge < -0.3 is 10.1 Å². The predicted molar refractivity (Wildman–Crippen MR) is 102 cm³/mol. The van der Waals surface area contributed by atoms with Crippen molar-refractivity contribution in [3.63, 3.8) is 0 Å². The molecule has 1 atom stereocenters. The Hall–Kier alpha value is -2.35. The number of amides is 2. The molecule has 140 valence electrons. The molecule has 0 bridgehead atoms. The minimum Gasteiger partial charge on any atom is -0.462 e. The molecule has 1 aromatic rings. The van der Waals surface area contributed by atoms with Gasteiger partial charge in [0.25, 0.3) is 0 Å². The zero-order valence-corrected chi connectivity index (χ0v) is 16.0. The van der Waals surface area contributed by atoms with Crippen LogP contribution >= 0.6 is 11.8 Å². The van der Waals surface area contributed by atoms with E-state index in [1.54, 1.807) is 36.1 Å². The van der Waals surface area contributed by atoms with E-state index in [2.05, 4.69) is 10.3 Å². The van der Waals surface area contributed by atoms with E-state index < -0.39 is 11.2 Å². The Morgan fingerprint density at radius 3 is 2.65 bits per heavy atom. The Kier molecular flexibility index (Phi) is 7.20. The molecule has 1 aromatic carbocycles. The van der Waals surface area contributed by atoms with Crippen LogP contribution in [0.25, 0.3) is 0 Å². The number of hydrogen-bond donors (Lipinski definition) is 1. The molecule has 8 heteroatoms. The summed E-state index contributed by atoms with van der Waals surface area (Å²) in [5, 5.41) is 2.87. The molecule has 2 amide bonds. The molecule has 2 rings (SSSR count). The van der Waals surface area contributed by atoms with Crippen molar-refractivity contribution in [2.24, 2.45) is 4.99 Å². The van der Waals surface area contributed by atoms with Crippen LogP contribution < -0.4 is 5.32 Å². The van der Waals surface area contributed by atoms with Gasteiger partial charge in [-0.2, -0.15) is 0 Å². The molecule has 0 saturated carbocycles. The summed E-state index contributed by atoms with van der Waals surface area (Å²) in [4.78, 5) is 42.8. The number of amidine groups is 1. The van der Waals surface area contributed by atoms with Crippen LogP contribution in [0.5, 0.6) is 0 Å². The highest BCUT2D eigenvalue weighted by Gasteiger charge is 2.38. The summed E-state index contributed by atoms with van der Waals surface area (Å²) >= 11 is 1.31. The van der Waals surface area contributed by atoms with Crippen molar-refractivity contribution in [3.8, 4) is 0 Å². The Balaban J connectivity index is 2.07. The molecule has 1 saturated heterocycles. The van der Waals surface area contributed by atoms with Crippen molar-refractivity contribution in [3.05, 3.63) is 29.8 Å². The van der Waals surface area contributed by atoms with Crippen molar-refractivity contribution in [1.29, 1.82) is 0 Å². The molecular weight excluding hydrogens is 354 g/mol. The summed E-state index contributed by atoms with van der Waals surface area (Å²) in [6.45, 7) is 6.85. The number of aliphatic imine (C=N–C) groups is 1. The van der Waals surface area contributed by atoms with Gasteiger partial charge in [0.15, 0.2) is 5.17 Å². The van der Waals surface area contributed by atoms with Crippen LogP contribution in [0.3, 0.4) is 0 Å². The lowest BCUT2D eigenvalue weighted by atomic mass is 10.1. The number of ether oxygens (including phenoxy) is 1.